The predicted molar refractivity (Wildman–Crippen MR) is 67.0 cm³/mol. The average Bonchev–Trinajstić information content (AvgIpc) is 2.79. The maximum Gasteiger partial charge on any atom is 0.350 e. The topological polar surface area (TPSA) is 99.3 Å². The Balaban J connectivity index is 2.89. The van der Waals surface area contributed by atoms with Crippen molar-refractivity contribution >= 4 is 24.2 Å². The van der Waals surface area contributed by atoms with E-state index in [-0.39, 0.29) is 17.5 Å². The second-order valence-electron chi connectivity index (χ2n) is 3.45. The third-order valence-corrected chi connectivity index (χ3v) is 2.48. The highest BCUT2D eigenvalue weighted by Gasteiger charge is 2.24. The van der Waals surface area contributed by atoms with Gasteiger partial charge in [0.05, 0.1) is 12.0 Å². The molecule has 18 heavy (non-hydrogen) atoms. The number of methoxy groups -OCH3 is 1. The molecule has 0 saturated heterocycles. The summed E-state index contributed by atoms with van der Waals surface area (Å²) in [6.45, 7) is 2.01. The van der Waals surface area contributed by atoms with Crippen LogP contribution in [0.1, 0.15) is 13.0 Å². The van der Waals surface area contributed by atoms with Crippen LogP contribution in [-0.4, -0.2) is 40.0 Å². The van der Waals surface area contributed by atoms with Crippen LogP contribution in [-0.2, 0) is 4.79 Å². The summed E-state index contributed by atoms with van der Waals surface area (Å²) in [6.07, 6.45) is 1.17. The highest BCUT2D eigenvalue weighted by atomic mass is 32.1. The van der Waals surface area contributed by atoms with E-state index in [0.717, 1.165) is 0 Å². The van der Waals surface area contributed by atoms with Crippen LogP contribution in [0.15, 0.2) is 6.20 Å². The fraction of sp³-hybridized carbons (Fsp3) is 0.556. The fourth-order valence-corrected chi connectivity index (χ4v) is 1.39. The fourth-order valence-electron chi connectivity index (χ4n) is 1.28. The van der Waals surface area contributed by atoms with E-state index in [0.29, 0.717) is 12.3 Å². The molecule has 1 unspecified atom stereocenters. The molecule has 9 heteroatoms. The Morgan fingerprint density at radius 1 is 1.78 bits per heavy atom. The number of aromatic nitrogens is 2. The predicted octanol–water partition coefficient (Wildman–Crippen LogP) is 0.407. The first kappa shape index (κ1) is 14.3. The van der Waals surface area contributed by atoms with Crippen LogP contribution in [0.2, 0.25) is 0 Å². The lowest BCUT2D eigenvalue weighted by Gasteiger charge is -2.11. The van der Waals surface area contributed by atoms with Gasteiger partial charge in [-0.25, -0.2) is 4.68 Å². The van der Waals surface area contributed by atoms with Crippen LogP contribution in [0.25, 0.3) is 0 Å². The largest absolute Gasteiger partial charge is 0.475 e. The van der Waals surface area contributed by atoms with Gasteiger partial charge in [0, 0.05) is 12.3 Å². The van der Waals surface area contributed by atoms with Gasteiger partial charge in [-0.2, -0.15) is 12.6 Å². The molecule has 1 rings (SSSR count). The van der Waals surface area contributed by atoms with Crippen molar-refractivity contribution < 1.29 is 14.5 Å². The number of ether oxygens (including phenoxy) is 1. The maximum atomic E-state index is 11.7. The van der Waals surface area contributed by atoms with E-state index < -0.39 is 11.0 Å². The van der Waals surface area contributed by atoms with E-state index in [1.165, 1.54) is 18.0 Å². The molecule has 8 nitrogen and oxygen atoms in total. The van der Waals surface area contributed by atoms with Gasteiger partial charge in [0.25, 0.3) is 0 Å². The lowest BCUT2D eigenvalue weighted by atomic mass is 10.3. The first-order valence-electron chi connectivity index (χ1n) is 5.17. The third-order valence-electron chi connectivity index (χ3n) is 2.26. The number of hydrogen-bond donors (Lipinski definition) is 2. The van der Waals surface area contributed by atoms with Crippen LogP contribution < -0.4 is 10.1 Å². The number of nitrogens with one attached hydrogen (secondary N) is 1. The summed E-state index contributed by atoms with van der Waals surface area (Å²) in [4.78, 5) is 21.8. The standard InChI is InChI=1S/C9H14N4O4S/c1-6(8(14)10-3-4-18)12-5-7(13(15)16)9(11-12)17-2/h5-6,18H,3-4H2,1-2H3,(H,10,14). The Labute approximate surface area is 109 Å². The minimum atomic E-state index is -0.660. The van der Waals surface area contributed by atoms with Crippen LogP contribution in [0.4, 0.5) is 5.69 Å². The van der Waals surface area contributed by atoms with Crippen LogP contribution in [0.5, 0.6) is 5.88 Å². The van der Waals surface area contributed by atoms with Crippen molar-refractivity contribution in [2.45, 2.75) is 13.0 Å². The van der Waals surface area contributed by atoms with Gasteiger partial charge in [-0.05, 0) is 6.92 Å². The molecule has 0 aromatic carbocycles. The Hall–Kier alpha value is -1.77. The molecule has 1 aromatic heterocycles. The van der Waals surface area contributed by atoms with E-state index >= 15 is 0 Å². The Morgan fingerprint density at radius 3 is 2.89 bits per heavy atom. The van der Waals surface area contributed by atoms with Gasteiger partial charge >= 0.3 is 11.6 Å². The van der Waals surface area contributed by atoms with Gasteiger partial charge in [-0.15, -0.1) is 5.10 Å². The second-order valence-corrected chi connectivity index (χ2v) is 3.90. The molecule has 0 aliphatic rings. The molecule has 1 heterocycles. The van der Waals surface area contributed by atoms with Gasteiger partial charge < -0.3 is 10.1 Å². The zero-order valence-corrected chi connectivity index (χ0v) is 10.9. The normalized spacial score (nSPS) is 11.9. The number of carbonyl (C=O) groups is 1. The molecular weight excluding hydrogens is 260 g/mol. The van der Waals surface area contributed by atoms with Crippen LogP contribution in [0.3, 0.4) is 0 Å². The Kier molecular flexibility index (Phi) is 4.95. The Morgan fingerprint density at radius 2 is 2.44 bits per heavy atom. The van der Waals surface area contributed by atoms with E-state index in [2.05, 4.69) is 23.0 Å². The van der Waals surface area contributed by atoms with E-state index in [9.17, 15) is 14.9 Å². The van der Waals surface area contributed by atoms with Gasteiger partial charge in [0.15, 0.2) is 0 Å². The summed E-state index contributed by atoms with van der Waals surface area (Å²) in [7, 11) is 1.28. The van der Waals surface area contributed by atoms with Crippen molar-refractivity contribution in [1.29, 1.82) is 0 Å². The first-order chi connectivity index (χ1) is 8.51. The number of carbonyl (C=O) groups excluding carboxylic acids is 1. The molecule has 1 atom stereocenters. The van der Waals surface area contributed by atoms with Crippen molar-refractivity contribution in [2.75, 3.05) is 19.4 Å². The first-order valence-corrected chi connectivity index (χ1v) is 5.80. The minimum absolute atomic E-state index is 0.117. The molecule has 0 aliphatic heterocycles. The van der Waals surface area contributed by atoms with E-state index in [4.69, 9.17) is 4.74 Å². The lowest BCUT2D eigenvalue weighted by molar-refractivity contribution is -0.385. The summed E-state index contributed by atoms with van der Waals surface area (Å²) in [5.74, 6) is 0.110. The molecule has 0 bridgehead atoms. The number of rotatable bonds is 6. The maximum absolute atomic E-state index is 11.7. The molecule has 100 valence electrons. The lowest BCUT2D eigenvalue weighted by Crippen LogP contribution is -2.32. The second kappa shape index (κ2) is 6.24. The zero-order valence-electron chi connectivity index (χ0n) is 9.99. The summed E-state index contributed by atoms with van der Waals surface area (Å²) in [5, 5.41) is 17.2. The SMILES string of the molecule is COc1nn(C(C)C(=O)NCCS)cc1[N+](=O)[O-]. The third kappa shape index (κ3) is 3.13. The summed E-state index contributed by atoms with van der Waals surface area (Å²) in [5.41, 5.74) is -0.272. The van der Waals surface area contributed by atoms with Gasteiger partial charge in [0.1, 0.15) is 12.2 Å². The minimum Gasteiger partial charge on any atom is -0.475 e. The monoisotopic (exact) mass is 274 g/mol. The van der Waals surface area contributed by atoms with Crippen molar-refractivity contribution in [3.05, 3.63) is 16.3 Å². The molecule has 0 fully saturated rings. The number of hydrogen-bond acceptors (Lipinski definition) is 6. The zero-order chi connectivity index (χ0) is 13.7. The van der Waals surface area contributed by atoms with Crippen molar-refractivity contribution in [1.82, 2.24) is 15.1 Å². The highest BCUT2D eigenvalue weighted by molar-refractivity contribution is 7.80. The highest BCUT2D eigenvalue weighted by Crippen LogP contribution is 2.25. The molecule has 0 saturated carbocycles. The number of amides is 1. The van der Waals surface area contributed by atoms with E-state index in [1.54, 1.807) is 6.92 Å². The number of thiol groups is 1. The van der Waals surface area contributed by atoms with E-state index in [1.807, 2.05) is 0 Å². The van der Waals surface area contributed by atoms with Gasteiger partial charge in [-0.1, -0.05) is 0 Å². The number of nitrogens with zero attached hydrogens (tertiary/aromatic N) is 3. The van der Waals surface area contributed by atoms with Crippen LogP contribution in [0, 0.1) is 10.1 Å². The molecule has 0 spiro atoms. The average molecular weight is 274 g/mol. The molecular formula is C9H14N4O4S. The van der Waals surface area contributed by atoms with Crippen molar-refractivity contribution in [3.63, 3.8) is 0 Å². The smallest absolute Gasteiger partial charge is 0.350 e. The molecule has 1 amide bonds. The van der Waals surface area contributed by atoms with Gasteiger partial charge in [0.2, 0.25) is 5.91 Å². The van der Waals surface area contributed by atoms with Crippen LogP contribution >= 0.6 is 12.6 Å². The van der Waals surface area contributed by atoms with Gasteiger partial charge in [-0.3, -0.25) is 14.9 Å². The quantitative estimate of drug-likeness (QED) is 0.444. The molecule has 0 aliphatic carbocycles. The summed E-state index contributed by atoms with van der Waals surface area (Å²) in [6, 6.07) is -0.660. The van der Waals surface area contributed by atoms with Crippen molar-refractivity contribution in [3.8, 4) is 5.88 Å². The molecule has 1 N–H and O–H groups in total. The van der Waals surface area contributed by atoms with Crippen molar-refractivity contribution in [2.24, 2.45) is 0 Å². The summed E-state index contributed by atoms with van der Waals surface area (Å²) >= 11 is 3.97. The summed E-state index contributed by atoms with van der Waals surface area (Å²) < 4.78 is 5.98. The molecule has 1 aromatic rings. The number of nitro groups is 1. The molecule has 0 radical (unpaired) electrons. The Bertz CT molecular complexity index is 448.